The molecule has 2 rings (SSSR count). The Morgan fingerprint density at radius 1 is 1.42 bits per heavy atom. The monoisotopic (exact) mass is 295 g/mol. The number of rotatable bonds is 3. The maximum absolute atomic E-state index is 12.5. The van der Waals surface area contributed by atoms with Gasteiger partial charge in [-0.05, 0) is 30.4 Å². The second-order valence-electron chi connectivity index (χ2n) is 4.37. The topological polar surface area (TPSA) is 47.0 Å². The van der Waals surface area contributed by atoms with Gasteiger partial charge in [0.2, 0.25) is 5.28 Å². The molecule has 0 spiro atoms. The first-order valence-corrected chi connectivity index (χ1v) is 6.26. The minimum Gasteiger partial charge on any atom is -0.381 e. The van der Waals surface area contributed by atoms with Gasteiger partial charge in [0.15, 0.2) is 5.69 Å². The molecule has 0 aliphatic carbocycles. The van der Waals surface area contributed by atoms with Gasteiger partial charge in [0.05, 0.1) is 6.61 Å². The van der Waals surface area contributed by atoms with Gasteiger partial charge in [-0.1, -0.05) is 0 Å². The third-order valence-electron chi connectivity index (χ3n) is 2.82. The Kier molecular flexibility index (Phi) is 4.46. The number of alkyl halides is 3. The van der Waals surface area contributed by atoms with Crippen LogP contribution in [-0.2, 0) is 10.9 Å². The molecule has 0 radical (unpaired) electrons. The summed E-state index contributed by atoms with van der Waals surface area (Å²) in [6.07, 6.45) is -2.58. The summed E-state index contributed by atoms with van der Waals surface area (Å²) in [6.45, 7) is 1.86. The van der Waals surface area contributed by atoms with Crippen LogP contribution in [0.25, 0.3) is 0 Å². The Morgan fingerprint density at radius 2 is 2.21 bits per heavy atom. The van der Waals surface area contributed by atoms with Crippen molar-refractivity contribution in [1.82, 2.24) is 9.97 Å². The molecule has 1 aromatic rings. The van der Waals surface area contributed by atoms with E-state index in [0.29, 0.717) is 13.2 Å². The third kappa shape index (κ3) is 4.21. The smallest absolute Gasteiger partial charge is 0.381 e. The Balaban J connectivity index is 2.01. The largest absolute Gasteiger partial charge is 0.433 e. The summed E-state index contributed by atoms with van der Waals surface area (Å²) in [5, 5.41) is 2.43. The lowest BCUT2D eigenvalue weighted by atomic mass is 10.0. The highest BCUT2D eigenvalue weighted by Crippen LogP contribution is 2.29. The molecule has 1 atom stereocenters. The van der Waals surface area contributed by atoms with Crippen molar-refractivity contribution >= 4 is 17.4 Å². The van der Waals surface area contributed by atoms with E-state index in [1.807, 2.05) is 0 Å². The maximum atomic E-state index is 12.5. The molecule has 1 fully saturated rings. The van der Waals surface area contributed by atoms with Gasteiger partial charge in [-0.25, -0.2) is 9.97 Å². The fourth-order valence-electron chi connectivity index (χ4n) is 1.87. The number of hydrogen-bond donors (Lipinski definition) is 1. The number of anilines is 1. The Labute approximate surface area is 113 Å². The summed E-state index contributed by atoms with van der Waals surface area (Å²) < 4.78 is 42.9. The molecule has 0 amide bonds. The molecule has 8 heteroatoms. The van der Waals surface area contributed by atoms with E-state index < -0.39 is 17.2 Å². The second kappa shape index (κ2) is 5.92. The predicted octanol–water partition coefficient (Wildman–Crippen LogP) is 2.99. The summed E-state index contributed by atoms with van der Waals surface area (Å²) >= 11 is 5.49. The van der Waals surface area contributed by atoms with Crippen molar-refractivity contribution in [1.29, 1.82) is 0 Å². The molecule has 0 bridgehead atoms. The molecule has 2 heterocycles. The zero-order chi connectivity index (χ0) is 13.9. The average molecular weight is 296 g/mol. The van der Waals surface area contributed by atoms with E-state index in [2.05, 4.69) is 15.3 Å². The molecule has 1 saturated heterocycles. The first-order valence-electron chi connectivity index (χ1n) is 5.88. The first kappa shape index (κ1) is 14.3. The minimum atomic E-state index is -4.53. The molecule has 1 aliphatic heterocycles. The molecular formula is C11H13ClF3N3O. The molecule has 4 nitrogen and oxygen atoms in total. The Hall–Kier alpha value is -1.08. The summed E-state index contributed by atoms with van der Waals surface area (Å²) in [5.41, 5.74) is -1.05. The van der Waals surface area contributed by atoms with E-state index in [-0.39, 0.29) is 11.7 Å². The van der Waals surface area contributed by atoms with Crippen LogP contribution in [0.15, 0.2) is 6.07 Å². The lowest BCUT2D eigenvalue weighted by molar-refractivity contribution is -0.141. The fourth-order valence-corrected chi connectivity index (χ4v) is 2.05. The van der Waals surface area contributed by atoms with Gasteiger partial charge < -0.3 is 10.1 Å². The molecular weight excluding hydrogens is 283 g/mol. The normalized spacial score (nSPS) is 20.3. The van der Waals surface area contributed by atoms with Crippen molar-refractivity contribution in [3.05, 3.63) is 17.0 Å². The quantitative estimate of drug-likeness (QED) is 0.871. The van der Waals surface area contributed by atoms with Gasteiger partial charge in [-0.3, -0.25) is 0 Å². The van der Waals surface area contributed by atoms with Crippen LogP contribution in [-0.4, -0.2) is 29.7 Å². The van der Waals surface area contributed by atoms with E-state index in [0.717, 1.165) is 25.5 Å². The van der Waals surface area contributed by atoms with Crippen molar-refractivity contribution in [2.75, 3.05) is 25.1 Å². The zero-order valence-corrected chi connectivity index (χ0v) is 10.8. The van der Waals surface area contributed by atoms with Crippen LogP contribution in [0.4, 0.5) is 19.0 Å². The summed E-state index contributed by atoms with van der Waals surface area (Å²) in [6, 6.07) is 0.857. The highest BCUT2D eigenvalue weighted by Gasteiger charge is 2.33. The van der Waals surface area contributed by atoms with Crippen LogP contribution in [0.2, 0.25) is 5.28 Å². The lowest BCUT2D eigenvalue weighted by Gasteiger charge is -2.22. The average Bonchev–Trinajstić information content (AvgIpc) is 2.36. The van der Waals surface area contributed by atoms with Crippen LogP contribution < -0.4 is 5.32 Å². The van der Waals surface area contributed by atoms with Crippen LogP contribution >= 0.6 is 11.6 Å². The van der Waals surface area contributed by atoms with Gasteiger partial charge in [0, 0.05) is 19.2 Å². The third-order valence-corrected chi connectivity index (χ3v) is 2.98. The van der Waals surface area contributed by atoms with Crippen LogP contribution in [0, 0.1) is 5.92 Å². The highest BCUT2D eigenvalue weighted by molar-refractivity contribution is 6.28. The van der Waals surface area contributed by atoms with Crippen molar-refractivity contribution in [3.8, 4) is 0 Å². The molecule has 106 valence electrons. The van der Waals surface area contributed by atoms with Gasteiger partial charge >= 0.3 is 6.18 Å². The molecule has 1 unspecified atom stereocenters. The zero-order valence-electron chi connectivity index (χ0n) is 10.0. The number of halogens is 4. The number of hydrogen-bond acceptors (Lipinski definition) is 4. The second-order valence-corrected chi connectivity index (χ2v) is 4.71. The minimum absolute atomic E-state index is 0.0814. The highest BCUT2D eigenvalue weighted by atomic mass is 35.5. The van der Waals surface area contributed by atoms with E-state index >= 15 is 0 Å². The van der Waals surface area contributed by atoms with Crippen LogP contribution in [0.5, 0.6) is 0 Å². The Bertz CT molecular complexity index is 436. The summed E-state index contributed by atoms with van der Waals surface area (Å²) in [4.78, 5) is 6.90. The predicted molar refractivity (Wildman–Crippen MR) is 64.1 cm³/mol. The fraction of sp³-hybridized carbons (Fsp3) is 0.636. The molecule has 19 heavy (non-hydrogen) atoms. The van der Waals surface area contributed by atoms with Gasteiger partial charge in [-0.2, -0.15) is 13.2 Å². The lowest BCUT2D eigenvalue weighted by Crippen LogP contribution is -2.24. The van der Waals surface area contributed by atoms with Crippen molar-refractivity contribution in [3.63, 3.8) is 0 Å². The van der Waals surface area contributed by atoms with E-state index in [9.17, 15) is 13.2 Å². The van der Waals surface area contributed by atoms with E-state index in [1.54, 1.807) is 0 Å². The SMILES string of the molecule is FC(F)(F)c1cc(NCC2CCCOC2)nc(Cl)n1. The maximum Gasteiger partial charge on any atom is 0.433 e. The van der Waals surface area contributed by atoms with Gasteiger partial charge in [0.25, 0.3) is 0 Å². The summed E-state index contributed by atoms with van der Waals surface area (Å²) in [5.74, 6) is 0.356. The van der Waals surface area contributed by atoms with Crippen molar-refractivity contribution < 1.29 is 17.9 Å². The molecule has 1 N–H and O–H groups in total. The van der Waals surface area contributed by atoms with Crippen LogP contribution in [0.1, 0.15) is 18.5 Å². The number of ether oxygens (including phenoxy) is 1. The van der Waals surface area contributed by atoms with Crippen molar-refractivity contribution in [2.45, 2.75) is 19.0 Å². The molecule has 0 saturated carbocycles. The van der Waals surface area contributed by atoms with E-state index in [4.69, 9.17) is 16.3 Å². The molecule has 1 aromatic heterocycles. The standard InChI is InChI=1S/C11H13ClF3N3O/c12-10-17-8(11(13,14)15)4-9(18-10)16-5-7-2-1-3-19-6-7/h4,7H,1-3,5-6H2,(H,16,17,18). The van der Waals surface area contributed by atoms with E-state index in [1.165, 1.54) is 0 Å². The first-order chi connectivity index (χ1) is 8.95. The number of nitrogens with one attached hydrogen (secondary N) is 1. The van der Waals surface area contributed by atoms with Gasteiger partial charge in [0.1, 0.15) is 5.82 Å². The number of nitrogens with zero attached hydrogens (tertiary/aromatic N) is 2. The Morgan fingerprint density at radius 3 is 2.84 bits per heavy atom. The molecule has 0 aromatic carbocycles. The number of aromatic nitrogens is 2. The van der Waals surface area contributed by atoms with Gasteiger partial charge in [-0.15, -0.1) is 0 Å². The summed E-state index contributed by atoms with van der Waals surface area (Å²) in [7, 11) is 0. The molecule has 1 aliphatic rings. The van der Waals surface area contributed by atoms with Crippen molar-refractivity contribution in [2.24, 2.45) is 5.92 Å². The van der Waals surface area contributed by atoms with Crippen LogP contribution in [0.3, 0.4) is 0 Å².